The lowest BCUT2D eigenvalue weighted by Gasteiger charge is -2.33. The molecular weight excluding hydrogens is 532 g/mol. The summed E-state index contributed by atoms with van der Waals surface area (Å²) in [4.78, 5) is 35.6. The molecule has 1 saturated heterocycles. The van der Waals surface area contributed by atoms with Crippen LogP contribution in [0.25, 0.3) is 22.3 Å². The molecule has 3 heterocycles. The van der Waals surface area contributed by atoms with E-state index in [2.05, 4.69) is 9.97 Å². The Bertz CT molecular complexity index is 1660. The third kappa shape index (κ3) is 5.45. The van der Waals surface area contributed by atoms with E-state index in [1.807, 2.05) is 0 Å². The lowest BCUT2D eigenvalue weighted by Crippen LogP contribution is -2.43. The maximum atomic E-state index is 13.6. The van der Waals surface area contributed by atoms with Gasteiger partial charge in [-0.3, -0.25) is 9.59 Å². The Kier molecular flexibility index (Phi) is 6.82. The molecular formula is C29H27F2N7O3. The van der Waals surface area contributed by atoms with E-state index in [4.69, 9.17) is 21.3 Å². The molecule has 6 rings (SSSR count). The zero-order valence-electron chi connectivity index (χ0n) is 22.0. The van der Waals surface area contributed by atoms with E-state index < -0.39 is 17.5 Å². The smallest absolute Gasteiger partial charge is 0.259 e. The van der Waals surface area contributed by atoms with Gasteiger partial charge in [-0.2, -0.15) is 5.10 Å². The number of nitrogens with zero attached hydrogens (tertiary/aromatic N) is 5. The number of anilines is 1. The quantitative estimate of drug-likeness (QED) is 0.197. The number of carbonyl (C=O) groups is 2. The number of benzene rings is 2. The van der Waals surface area contributed by atoms with Gasteiger partial charge in [-0.25, -0.2) is 23.4 Å². The molecule has 2 aromatic heterocycles. The number of carbonyl (C=O) groups excluding carboxylic acids is 2. The van der Waals surface area contributed by atoms with Crippen LogP contribution < -0.4 is 16.2 Å². The number of fused-ring (bicyclic) bond motifs is 1. The summed E-state index contributed by atoms with van der Waals surface area (Å²) < 4.78 is 34.5. The van der Waals surface area contributed by atoms with Gasteiger partial charge in [-0.05, 0) is 55.9 Å². The Hall–Kier alpha value is -4.87. The number of primary amides is 1. The van der Waals surface area contributed by atoms with Crippen LogP contribution in [0.2, 0.25) is 0 Å². The predicted octanol–water partition coefficient (Wildman–Crippen LogP) is 4.13. The van der Waals surface area contributed by atoms with Gasteiger partial charge in [0.2, 0.25) is 0 Å². The van der Waals surface area contributed by atoms with Crippen molar-refractivity contribution in [1.82, 2.24) is 24.6 Å². The number of piperidine rings is 1. The van der Waals surface area contributed by atoms with E-state index in [9.17, 15) is 18.4 Å². The minimum Gasteiger partial charge on any atom is -0.457 e. The number of hydrogen-bond acceptors (Lipinski definition) is 7. The van der Waals surface area contributed by atoms with Gasteiger partial charge in [-0.15, -0.1) is 0 Å². The maximum Gasteiger partial charge on any atom is 0.259 e. The third-order valence-corrected chi connectivity index (χ3v) is 7.27. The SMILES string of the molecule is NC(=O)C(=CC1CC1)C(=O)N1CCCC(n2nc(-c3ccc(Oc4cc(F)cc(F)c4)cc3)c3c(N)ncnc32)C1. The van der Waals surface area contributed by atoms with Crippen LogP contribution in [0.3, 0.4) is 0 Å². The molecule has 1 saturated carbocycles. The van der Waals surface area contributed by atoms with Gasteiger partial charge in [0.15, 0.2) is 5.65 Å². The highest BCUT2D eigenvalue weighted by Gasteiger charge is 2.32. The van der Waals surface area contributed by atoms with Crippen molar-refractivity contribution in [1.29, 1.82) is 0 Å². The summed E-state index contributed by atoms with van der Waals surface area (Å²) in [5.74, 6) is -1.68. The van der Waals surface area contributed by atoms with Gasteiger partial charge < -0.3 is 21.1 Å². The molecule has 1 aliphatic carbocycles. The van der Waals surface area contributed by atoms with Crippen molar-refractivity contribution in [3.63, 3.8) is 0 Å². The second-order valence-corrected chi connectivity index (χ2v) is 10.3. The first-order valence-corrected chi connectivity index (χ1v) is 13.3. The van der Waals surface area contributed by atoms with E-state index in [1.54, 1.807) is 39.9 Å². The van der Waals surface area contributed by atoms with Crippen molar-refractivity contribution in [3.05, 3.63) is 72.1 Å². The van der Waals surface area contributed by atoms with Crippen molar-refractivity contribution in [3.8, 4) is 22.8 Å². The number of hydrogen-bond donors (Lipinski definition) is 2. The van der Waals surface area contributed by atoms with Gasteiger partial charge in [0.05, 0.1) is 11.4 Å². The molecule has 2 aliphatic rings. The van der Waals surface area contributed by atoms with E-state index in [0.29, 0.717) is 47.6 Å². The van der Waals surface area contributed by atoms with Crippen molar-refractivity contribution >= 4 is 28.7 Å². The van der Waals surface area contributed by atoms with Crippen molar-refractivity contribution < 1.29 is 23.1 Å². The van der Waals surface area contributed by atoms with Crippen LogP contribution in [0, 0.1) is 17.6 Å². The van der Waals surface area contributed by atoms with Gasteiger partial charge >= 0.3 is 0 Å². The van der Waals surface area contributed by atoms with E-state index in [1.165, 1.54) is 6.33 Å². The molecule has 1 aliphatic heterocycles. The van der Waals surface area contributed by atoms with Crippen LogP contribution in [-0.4, -0.2) is 49.6 Å². The minimum atomic E-state index is -0.739. The molecule has 4 aromatic rings. The number of halogens is 2. The van der Waals surface area contributed by atoms with Crippen molar-refractivity contribution in [2.24, 2.45) is 11.7 Å². The van der Waals surface area contributed by atoms with Gasteiger partial charge in [0.25, 0.3) is 11.8 Å². The molecule has 4 N–H and O–H groups in total. The molecule has 0 radical (unpaired) electrons. The number of aromatic nitrogens is 4. The van der Waals surface area contributed by atoms with Gasteiger partial charge in [-0.1, -0.05) is 6.08 Å². The summed E-state index contributed by atoms with van der Waals surface area (Å²) in [7, 11) is 0. The molecule has 2 aromatic carbocycles. The molecule has 1 atom stereocenters. The topological polar surface area (TPSA) is 142 Å². The molecule has 12 heteroatoms. The molecule has 41 heavy (non-hydrogen) atoms. The molecule has 0 spiro atoms. The highest BCUT2D eigenvalue weighted by atomic mass is 19.1. The number of likely N-dealkylation sites (tertiary alicyclic amines) is 1. The molecule has 0 bridgehead atoms. The Morgan fingerprint density at radius 1 is 1.00 bits per heavy atom. The lowest BCUT2D eigenvalue weighted by atomic mass is 10.0. The minimum absolute atomic E-state index is 0.0329. The summed E-state index contributed by atoms with van der Waals surface area (Å²) in [5.41, 5.74) is 13.6. The van der Waals surface area contributed by atoms with E-state index >= 15 is 0 Å². The van der Waals surface area contributed by atoms with Crippen LogP contribution in [0.1, 0.15) is 31.7 Å². The number of ether oxygens (including phenoxy) is 1. The summed E-state index contributed by atoms with van der Waals surface area (Å²) >= 11 is 0. The van der Waals surface area contributed by atoms with Crippen molar-refractivity contribution in [2.45, 2.75) is 31.7 Å². The van der Waals surface area contributed by atoms with Gasteiger partial charge in [0.1, 0.15) is 46.5 Å². The molecule has 10 nitrogen and oxygen atoms in total. The number of allylic oxidation sites excluding steroid dienone is 1. The average molecular weight is 560 g/mol. The first-order valence-electron chi connectivity index (χ1n) is 13.3. The third-order valence-electron chi connectivity index (χ3n) is 7.27. The van der Waals surface area contributed by atoms with Crippen LogP contribution >= 0.6 is 0 Å². The Balaban J connectivity index is 1.29. The molecule has 2 fully saturated rings. The second-order valence-electron chi connectivity index (χ2n) is 10.3. The number of nitrogens with two attached hydrogens (primary N) is 2. The standard InChI is InChI=1S/C29H27F2N7O3/c30-18-11-19(31)13-22(12-18)41-21-7-5-17(6-8-21)25-24-26(32)34-15-35-28(24)38(36-25)20-2-1-9-37(14-20)29(40)23(27(33)39)10-16-3-4-16/h5-8,10-13,15-16,20H,1-4,9,14H2,(H2,33,39)(H2,32,34,35). The number of rotatable bonds is 7. The van der Waals surface area contributed by atoms with Crippen LogP contribution in [0.15, 0.2) is 60.4 Å². The normalized spacial score (nSPS) is 17.6. The zero-order chi connectivity index (χ0) is 28.7. The largest absolute Gasteiger partial charge is 0.457 e. The summed E-state index contributed by atoms with van der Waals surface area (Å²) in [6, 6.07) is 9.55. The van der Waals surface area contributed by atoms with Crippen LogP contribution in [-0.2, 0) is 9.59 Å². The number of nitrogen functional groups attached to an aromatic ring is 1. The van der Waals surface area contributed by atoms with E-state index in [0.717, 1.165) is 37.5 Å². The Morgan fingerprint density at radius 2 is 1.73 bits per heavy atom. The Morgan fingerprint density at radius 3 is 2.41 bits per heavy atom. The highest BCUT2D eigenvalue weighted by molar-refractivity contribution is 6.17. The molecule has 1 unspecified atom stereocenters. The summed E-state index contributed by atoms with van der Waals surface area (Å²) in [6.45, 7) is 0.829. The second kappa shape index (κ2) is 10.6. The number of amides is 2. The fraction of sp³-hybridized carbons (Fsp3) is 0.276. The first-order chi connectivity index (χ1) is 19.8. The van der Waals surface area contributed by atoms with Crippen LogP contribution in [0.4, 0.5) is 14.6 Å². The fourth-order valence-corrected chi connectivity index (χ4v) is 5.12. The highest BCUT2D eigenvalue weighted by Crippen LogP contribution is 2.36. The average Bonchev–Trinajstić information content (AvgIpc) is 3.69. The molecule has 2 amide bonds. The summed E-state index contributed by atoms with van der Waals surface area (Å²) in [6.07, 6.45) is 6.40. The van der Waals surface area contributed by atoms with E-state index in [-0.39, 0.29) is 35.0 Å². The Labute approximate surface area is 233 Å². The van der Waals surface area contributed by atoms with Crippen molar-refractivity contribution in [2.75, 3.05) is 18.8 Å². The van der Waals surface area contributed by atoms with Crippen LogP contribution in [0.5, 0.6) is 11.5 Å². The van der Waals surface area contributed by atoms with Gasteiger partial charge in [0, 0.05) is 36.9 Å². The summed E-state index contributed by atoms with van der Waals surface area (Å²) in [5, 5.41) is 5.42. The monoisotopic (exact) mass is 559 g/mol. The fourth-order valence-electron chi connectivity index (χ4n) is 5.12. The lowest BCUT2D eigenvalue weighted by molar-refractivity contribution is -0.131. The predicted molar refractivity (Wildman–Crippen MR) is 146 cm³/mol. The molecule has 210 valence electrons. The maximum absolute atomic E-state index is 13.6. The first kappa shape index (κ1) is 26.4. The zero-order valence-corrected chi connectivity index (χ0v) is 22.0.